The Morgan fingerprint density at radius 3 is 2.08 bits per heavy atom. The van der Waals surface area contributed by atoms with Gasteiger partial charge in [0, 0.05) is 39.8 Å². The van der Waals surface area contributed by atoms with Gasteiger partial charge in [-0.3, -0.25) is 9.59 Å². The van der Waals surface area contributed by atoms with Gasteiger partial charge in [-0.2, -0.15) is 0 Å². The van der Waals surface area contributed by atoms with E-state index in [9.17, 15) is 9.59 Å². The molecular weight excluding hydrogens is 399 g/mol. The number of ether oxygens (including phenoxy) is 2. The van der Waals surface area contributed by atoms with Gasteiger partial charge >= 0.3 is 5.97 Å². The molecule has 1 radical (unpaired) electrons. The molecule has 6 nitrogen and oxygen atoms in total. The van der Waals surface area contributed by atoms with Crippen molar-refractivity contribution in [2.75, 3.05) is 20.3 Å². The van der Waals surface area contributed by atoms with E-state index in [4.69, 9.17) is 10.8 Å². The first kappa shape index (κ1) is 31.9. The molecule has 0 bridgehead atoms. The number of aliphatic hydroxyl groups excluding tert-OH is 1. The Bertz CT molecular complexity index is 364. The fourth-order valence-electron chi connectivity index (χ4n) is 1.09. The van der Waals surface area contributed by atoms with Crippen LogP contribution in [0, 0.1) is 0 Å². The van der Waals surface area contributed by atoms with Crippen molar-refractivity contribution in [3.05, 3.63) is 35.9 Å². The van der Waals surface area contributed by atoms with E-state index in [2.05, 4.69) is 23.3 Å². The second kappa shape index (κ2) is 31.0. The van der Waals surface area contributed by atoms with Gasteiger partial charge in [-0.25, -0.2) is 0 Å². The van der Waals surface area contributed by atoms with E-state index in [1.54, 1.807) is 0 Å². The Hall–Kier alpha value is -0.816. The molecule has 1 aromatic rings. The van der Waals surface area contributed by atoms with Crippen molar-refractivity contribution < 1.29 is 56.9 Å². The zero-order valence-electron chi connectivity index (χ0n) is 15.9. The molecule has 143 valence electrons. The standard InChI is InChI=1S/C8H8O2.C6H13NO2.C3H8.CH4O.Y/c9-7-10-6-8-4-2-1-3-5-8;1-2-3-4-9-6(8)5-7;1-3-2;1-2;/h1-5,7H,6H2;2-5,7H2,1H3;3H2,1-2H3;2H,1H3;. The van der Waals surface area contributed by atoms with Gasteiger partial charge in [0.1, 0.15) is 6.61 Å². The van der Waals surface area contributed by atoms with Crippen LogP contribution in [0.4, 0.5) is 0 Å². The molecule has 0 aliphatic carbocycles. The van der Waals surface area contributed by atoms with E-state index in [0.717, 1.165) is 25.5 Å². The van der Waals surface area contributed by atoms with E-state index < -0.39 is 0 Å². The average molecular weight is 432 g/mol. The average Bonchev–Trinajstić information content (AvgIpc) is 2.64. The number of carbonyl (C=O) groups is 2. The van der Waals surface area contributed by atoms with E-state index in [1.807, 2.05) is 37.3 Å². The summed E-state index contributed by atoms with van der Waals surface area (Å²) < 4.78 is 9.21. The van der Waals surface area contributed by atoms with Crippen molar-refractivity contribution in [1.82, 2.24) is 0 Å². The third-order valence-electron chi connectivity index (χ3n) is 2.09. The Labute approximate surface area is 177 Å². The second-order valence-corrected chi connectivity index (χ2v) is 4.38. The number of rotatable bonds is 7. The van der Waals surface area contributed by atoms with Crippen LogP contribution in [-0.4, -0.2) is 37.8 Å². The molecule has 0 saturated carbocycles. The minimum atomic E-state index is -0.316. The molecule has 0 aliphatic rings. The minimum absolute atomic E-state index is 0. The number of hydrogen-bond acceptors (Lipinski definition) is 6. The monoisotopic (exact) mass is 432 g/mol. The van der Waals surface area contributed by atoms with Crippen LogP contribution in [0.15, 0.2) is 30.3 Å². The van der Waals surface area contributed by atoms with Crippen molar-refractivity contribution in [2.45, 2.75) is 46.6 Å². The summed E-state index contributed by atoms with van der Waals surface area (Å²) in [5, 5.41) is 7.00. The van der Waals surface area contributed by atoms with Crippen molar-refractivity contribution >= 4 is 12.4 Å². The van der Waals surface area contributed by atoms with Gasteiger partial charge < -0.3 is 20.3 Å². The van der Waals surface area contributed by atoms with Gasteiger partial charge in [0.05, 0.1) is 13.2 Å². The van der Waals surface area contributed by atoms with E-state index in [-0.39, 0.29) is 45.2 Å². The van der Waals surface area contributed by atoms with Gasteiger partial charge in [-0.15, -0.1) is 0 Å². The summed E-state index contributed by atoms with van der Waals surface area (Å²) in [4.78, 5) is 20.1. The molecule has 0 atom stereocenters. The number of aliphatic hydroxyl groups is 1. The Morgan fingerprint density at radius 2 is 1.68 bits per heavy atom. The molecule has 3 N–H and O–H groups in total. The molecule has 1 aromatic carbocycles. The molecular formula is C18H33NO5Y. The number of nitrogens with two attached hydrogens (primary N) is 1. The fraction of sp³-hybridized carbons (Fsp3) is 0.556. The summed E-state index contributed by atoms with van der Waals surface area (Å²) in [6.45, 7) is 7.60. The number of unbranched alkanes of at least 4 members (excludes halogenated alkanes) is 1. The third-order valence-corrected chi connectivity index (χ3v) is 2.09. The fourth-order valence-corrected chi connectivity index (χ4v) is 1.09. The van der Waals surface area contributed by atoms with Crippen molar-refractivity contribution in [2.24, 2.45) is 5.73 Å². The number of hydrogen-bond donors (Lipinski definition) is 2. The van der Waals surface area contributed by atoms with Crippen molar-refractivity contribution in [3.63, 3.8) is 0 Å². The van der Waals surface area contributed by atoms with Crippen LogP contribution in [0.1, 0.15) is 45.6 Å². The maximum Gasteiger partial charge on any atom is 0.319 e. The van der Waals surface area contributed by atoms with Crippen LogP contribution >= 0.6 is 0 Å². The molecule has 25 heavy (non-hydrogen) atoms. The van der Waals surface area contributed by atoms with Crippen LogP contribution in [0.25, 0.3) is 0 Å². The van der Waals surface area contributed by atoms with Crippen molar-refractivity contribution in [3.8, 4) is 0 Å². The summed E-state index contributed by atoms with van der Waals surface area (Å²) in [6, 6.07) is 9.55. The Balaban J connectivity index is -0.000000137. The largest absolute Gasteiger partial charge is 0.465 e. The quantitative estimate of drug-likeness (QED) is 0.391. The van der Waals surface area contributed by atoms with Gasteiger partial charge in [-0.1, -0.05) is 63.9 Å². The van der Waals surface area contributed by atoms with Gasteiger partial charge in [0.15, 0.2) is 0 Å². The zero-order valence-corrected chi connectivity index (χ0v) is 18.8. The van der Waals surface area contributed by atoms with E-state index in [0.29, 0.717) is 19.7 Å². The minimum Gasteiger partial charge on any atom is -0.465 e. The maximum absolute atomic E-state index is 10.3. The van der Waals surface area contributed by atoms with Crippen LogP contribution in [0.2, 0.25) is 0 Å². The maximum atomic E-state index is 10.3. The van der Waals surface area contributed by atoms with Gasteiger partial charge in [0.2, 0.25) is 0 Å². The molecule has 0 amide bonds. The zero-order chi connectivity index (χ0) is 19.1. The molecule has 1 rings (SSSR count). The Kier molecular flexibility index (Phi) is 39.6. The van der Waals surface area contributed by atoms with Crippen molar-refractivity contribution in [1.29, 1.82) is 0 Å². The SMILES string of the molecule is CCC.CCCCOC(=O)CN.CO.O=COCc1ccccc1.[Y]. The van der Waals surface area contributed by atoms with E-state index in [1.165, 1.54) is 6.42 Å². The summed E-state index contributed by atoms with van der Waals surface area (Å²) in [7, 11) is 1.00. The predicted octanol–water partition coefficient (Wildman–Crippen LogP) is 2.67. The molecule has 0 heterocycles. The van der Waals surface area contributed by atoms with E-state index >= 15 is 0 Å². The molecule has 0 aromatic heterocycles. The summed E-state index contributed by atoms with van der Waals surface area (Å²) >= 11 is 0. The predicted molar refractivity (Wildman–Crippen MR) is 96.3 cm³/mol. The third kappa shape index (κ3) is 31.5. The molecule has 0 aliphatic heterocycles. The van der Waals surface area contributed by atoms with Crippen LogP contribution < -0.4 is 5.73 Å². The first-order valence-corrected chi connectivity index (χ1v) is 8.05. The number of benzene rings is 1. The Morgan fingerprint density at radius 1 is 1.16 bits per heavy atom. The molecule has 0 saturated heterocycles. The summed E-state index contributed by atoms with van der Waals surface area (Å²) in [5.74, 6) is -0.316. The van der Waals surface area contributed by atoms with Crippen LogP contribution in [0.3, 0.4) is 0 Å². The van der Waals surface area contributed by atoms with Gasteiger partial charge in [0.25, 0.3) is 6.47 Å². The first-order valence-electron chi connectivity index (χ1n) is 8.05. The topological polar surface area (TPSA) is 98.9 Å². The summed E-state index contributed by atoms with van der Waals surface area (Å²) in [6.07, 6.45) is 3.21. The second-order valence-electron chi connectivity index (χ2n) is 4.38. The van der Waals surface area contributed by atoms with Crippen LogP contribution in [0.5, 0.6) is 0 Å². The first-order chi connectivity index (χ1) is 11.7. The smallest absolute Gasteiger partial charge is 0.319 e. The number of esters is 1. The molecule has 0 unspecified atom stereocenters. The number of carbonyl (C=O) groups excluding carboxylic acids is 2. The molecule has 7 heteroatoms. The molecule has 0 spiro atoms. The van der Waals surface area contributed by atoms with Crippen LogP contribution in [-0.2, 0) is 58.4 Å². The molecule has 0 fully saturated rings. The van der Waals surface area contributed by atoms with Gasteiger partial charge in [-0.05, 0) is 12.0 Å². The summed E-state index contributed by atoms with van der Waals surface area (Å²) in [5.41, 5.74) is 5.99. The normalized spacial score (nSPS) is 7.76.